The number of hydrogen-bond acceptors (Lipinski definition) is 4. The predicted molar refractivity (Wildman–Crippen MR) is 58.7 cm³/mol. The molecule has 0 aliphatic rings. The summed E-state index contributed by atoms with van der Waals surface area (Å²) >= 11 is 0. The molecule has 1 aromatic carbocycles. The van der Waals surface area contributed by atoms with Gasteiger partial charge in [-0.05, 0) is 18.2 Å². The van der Waals surface area contributed by atoms with Gasteiger partial charge >= 0.3 is 0 Å². The van der Waals surface area contributed by atoms with Gasteiger partial charge in [0.15, 0.2) is 9.84 Å². The van der Waals surface area contributed by atoms with Gasteiger partial charge < -0.3 is 0 Å². The van der Waals surface area contributed by atoms with Crippen molar-refractivity contribution < 1.29 is 18.0 Å². The zero-order valence-electron chi connectivity index (χ0n) is 9.30. The van der Waals surface area contributed by atoms with Gasteiger partial charge in [-0.2, -0.15) is 0 Å². The lowest BCUT2D eigenvalue weighted by Crippen LogP contribution is -2.25. The normalized spacial score (nSPS) is 11.2. The molecule has 0 saturated carbocycles. The number of nitrogens with zero attached hydrogens (tertiary/aromatic N) is 1. The number of hydrogen-bond donors (Lipinski definition) is 0. The van der Waals surface area contributed by atoms with Crippen LogP contribution in [0.5, 0.6) is 0 Å². The third-order valence-corrected chi connectivity index (χ3v) is 3.18. The maximum atomic E-state index is 11.7. The highest BCUT2D eigenvalue weighted by Crippen LogP contribution is 2.12. The van der Waals surface area contributed by atoms with E-state index in [1.54, 1.807) is 0 Å². The molecular weight excluding hydrogens is 230 g/mol. The molecule has 0 aromatic heterocycles. The number of rotatable bonds is 3. The summed E-state index contributed by atoms with van der Waals surface area (Å²) in [5.41, 5.74) is 0.271. The average Bonchev–Trinajstić information content (AvgIpc) is 2.26. The largest absolute Gasteiger partial charge is 0.277 e. The number of sulfone groups is 1. The highest BCUT2D eigenvalue weighted by Gasteiger charge is 2.14. The van der Waals surface area contributed by atoms with E-state index >= 15 is 0 Å². The van der Waals surface area contributed by atoms with E-state index in [2.05, 4.69) is 0 Å². The molecule has 1 aromatic rings. The third kappa shape index (κ3) is 2.80. The van der Waals surface area contributed by atoms with Crippen LogP contribution in [0.25, 0.3) is 0 Å². The van der Waals surface area contributed by atoms with Gasteiger partial charge in [0, 0.05) is 18.9 Å². The molecule has 0 aliphatic heterocycles. The monoisotopic (exact) mass is 243 g/mol. The van der Waals surface area contributed by atoms with E-state index in [1.165, 1.54) is 38.4 Å². The van der Waals surface area contributed by atoms with Gasteiger partial charge in [0.2, 0.25) is 0 Å². The van der Waals surface area contributed by atoms with Gasteiger partial charge in [-0.25, -0.2) is 13.5 Å². The number of amides is 1. The fourth-order valence-corrected chi connectivity index (χ4v) is 1.79. The van der Waals surface area contributed by atoms with E-state index in [0.717, 1.165) is 11.3 Å². The molecule has 0 heterocycles. The van der Waals surface area contributed by atoms with Crippen LogP contribution in [-0.2, 0) is 14.7 Å². The molecule has 0 radical (unpaired) electrons. The Morgan fingerprint density at radius 3 is 2.50 bits per heavy atom. The molecule has 0 N–H and O–H groups in total. The molecule has 0 aliphatic carbocycles. The van der Waals surface area contributed by atoms with Crippen molar-refractivity contribution in [1.82, 2.24) is 5.06 Å². The molecule has 16 heavy (non-hydrogen) atoms. The highest BCUT2D eigenvalue weighted by molar-refractivity contribution is 7.90. The lowest BCUT2D eigenvalue weighted by molar-refractivity contribution is -0.0757. The molecule has 0 saturated heterocycles. The van der Waals surface area contributed by atoms with E-state index in [1.807, 2.05) is 0 Å². The smallest absolute Gasteiger partial charge is 0.274 e. The van der Waals surface area contributed by atoms with Crippen molar-refractivity contribution in [2.75, 3.05) is 20.4 Å². The second-order valence-electron chi connectivity index (χ2n) is 3.29. The molecule has 0 fully saturated rings. The van der Waals surface area contributed by atoms with Crippen molar-refractivity contribution in [3.8, 4) is 0 Å². The third-order valence-electron chi connectivity index (χ3n) is 2.07. The molecule has 88 valence electrons. The minimum absolute atomic E-state index is 0.114. The summed E-state index contributed by atoms with van der Waals surface area (Å²) in [5, 5.41) is 1.03. The minimum atomic E-state index is -3.30. The predicted octanol–water partition coefficient (Wildman–Crippen LogP) is 0.724. The fourth-order valence-electron chi connectivity index (χ4n) is 1.12. The maximum Gasteiger partial charge on any atom is 0.277 e. The zero-order chi connectivity index (χ0) is 12.3. The fraction of sp³-hybridized carbons (Fsp3) is 0.300. The Hall–Kier alpha value is -1.40. The van der Waals surface area contributed by atoms with Gasteiger partial charge in [0.25, 0.3) is 5.91 Å². The standard InChI is InChI=1S/C10H13NO4S/c1-11(15-2)10(12)8-5-4-6-9(7-8)16(3,13)14/h4-7H,1-3H3. The molecule has 0 bridgehead atoms. The van der Waals surface area contributed by atoms with Crippen molar-refractivity contribution in [2.45, 2.75) is 4.90 Å². The SMILES string of the molecule is CON(C)C(=O)c1cccc(S(C)(=O)=O)c1. The minimum Gasteiger partial charge on any atom is -0.274 e. The first-order valence-electron chi connectivity index (χ1n) is 4.48. The van der Waals surface area contributed by atoms with Crippen LogP contribution in [0, 0.1) is 0 Å². The van der Waals surface area contributed by atoms with Crippen LogP contribution >= 0.6 is 0 Å². The van der Waals surface area contributed by atoms with Crippen molar-refractivity contribution in [3.05, 3.63) is 29.8 Å². The van der Waals surface area contributed by atoms with Gasteiger partial charge in [0.1, 0.15) is 0 Å². The van der Waals surface area contributed by atoms with Gasteiger partial charge in [-0.15, -0.1) is 0 Å². The molecule has 1 amide bonds. The van der Waals surface area contributed by atoms with Crippen LogP contribution in [0.1, 0.15) is 10.4 Å². The summed E-state index contributed by atoms with van der Waals surface area (Å²) in [5.74, 6) is -0.395. The summed E-state index contributed by atoms with van der Waals surface area (Å²) in [6.45, 7) is 0. The Bertz CT molecular complexity index is 495. The number of carbonyl (C=O) groups excluding carboxylic acids is 1. The molecule has 5 nitrogen and oxygen atoms in total. The summed E-state index contributed by atoms with van der Waals surface area (Å²) < 4.78 is 22.6. The van der Waals surface area contributed by atoms with Crippen LogP contribution in [0.4, 0.5) is 0 Å². The highest BCUT2D eigenvalue weighted by atomic mass is 32.2. The van der Waals surface area contributed by atoms with Crippen LogP contribution in [0.15, 0.2) is 29.2 Å². The van der Waals surface area contributed by atoms with Crippen molar-refractivity contribution in [1.29, 1.82) is 0 Å². The Morgan fingerprint density at radius 2 is 2.00 bits per heavy atom. The first kappa shape index (κ1) is 12.7. The number of hydroxylamine groups is 2. The topological polar surface area (TPSA) is 63.7 Å². The molecule has 1 rings (SSSR count). The van der Waals surface area contributed by atoms with Crippen molar-refractivity contribution in [3.63, 3.8) is 0 Å². The Morgan fingerprint density at radius 1 is 1.38 bits per heavy atom. The van der Waals surface area contributed by atoms with Crippen LogP contribution < -0.4 is 0 Å². The first-order valence-corrected chi connectivity index (χ1v) is 6.37. The maximum absolute atomic E-state index is 11.7. The molecule has 0 atom stereocenters. The summed E-state index contributed by atoms with van der Waals surface area (Å²) in [4.78, 5) is 16.5. The number of carbonyl (C=O) groups is 1. The average molecular weight is 243 g/mol. The summed E-state index contributed by atoms with van der Waals surface area (Å²) in [6.07, 6.45) is 1.09. The first-order chi connectivity index (χ1) is 7.36. The number of benzene rings is 1. The van der Waals surface area contributed by atoms with Crippen molar-refractivity contribution in [2.24, 2.45) is 0 Å². The molecule has 6 heteroatoms. The second kappa shape index (κ2) is 4.63. The van der Waals surface area contributed by atoms with E-state index in [4.69, 9.17) is 4.84 Å². The summed E-state index contributed by atoms with van der Waals surface area (Å²) in [6, 6.07) is 5.83. The second-order valence-corrected chi connectivity index (χ2v) is 5.30. The molecule has 0 spiro atoms. The Kier molecular flexibility index (Phi) is 3.66. The van der Waals surface area contributed by atoms with Gasteiger partial charge in [-0.3, -0.25) is 9.63 Å². The lowest BCUT2D eigenvalue weighted by Gasteiger charge is -2.13. The Labute approximate surface area is 94.5 Å². The zero-order valence-corrected chi connectivity index (χ0v) is 10.1. The van der Waals surface area contributed by atoms with E-state index in [0.29, 0.717) is 0 Å². The van der Waals surface area contributed by atoms with Gasteiger partial charge in [-0.1, -0.05) is 6.07 Å². The van der Waals surface area contributed by atoms with E-state index in [-0.39, 0.29) is 10.5 Å². The molecule has 0 unspecified atom stereocenters. The quantitative estimate of drug-likeness (QED) is 0.734. The van der Waals surface area contributed by atoms with Crippen LogP contribution in [0.3, 0.4) is 0 Å². The van der Waals surface area contributed by atoms with Crippen LogP contribution in [-0.4, -0.2) is 39.8 Å². The van der Waals surface area contributed by atoms with Crippen LogP contribution in [0.2, 0.25) is 0 Å². The van der Waals surface area contributed by atoms with Crippen molar-refractivity contribution >= 4 is 15.7 Å². The Balaban J connectivity index is 3.14. The van der Waals surface area contributed by atoms with E-state index in [9.17, 15) is 13.2 Å². The van der Waals surface area contributed by atoms with Gasteiger partial charge in [0.05, 0.1) is 12.0 Å². The molecular formula is C10H13NO4S. The van der Waals surface area contributed by atoms with E-state index < -0.39 is 15.7 Å². The summed E-state index contributed by atoms with van der Waals surface area (Å²) in [7, 11) is -0.490. The lowest BCUT2D eigenvalue weighted by atomic mass is 10.2.